The Hall–Kier alpha value is -5.31. The molecule has 0 fully saturated rings. The van der Waals surface area contributed by atoms with Gasteiger partial charge in [-0.25, -0.2) is 0 Å². The number of benzene rings is 5. The van der Waals surface area contributed by atoms with Gasteiger partial charge < -0.3 is 20.7 Å². The monoisotopic (exact) mass is 661 g/mol. The highest BCUT2D eigenvalue weighted by Crippen LogP contribution is 2.37. The van der Waals surface area contributed by atoms with E-state index in [1.54, 1.807) is 73.8 Å². The van der Waals surface area contributed by atoms with E-state index in [9.17, 15) is 14.4 Å². The molecule has 47 heavy (non-hydrogen) atoms. The summed E-state index contributed by atoms with van der Waals surface area (Å²) in [5.41, 5.74) is 3.87. The summed E-state index contributed by atoms with van der Waals surface area (Å²) in [6.45, 7) is 1.86. The molecular formula is C38H32ClN3O4S. The van der Waals surface area contributed by atoms with Crippen molar-refractivity contribution in [2.45, 2.75) is 17.1 Å². The molecule has 5 aromatic rings. The van der Waals surface area contributed by atoms with Crippen LogP contribution in [-0.4, -0.2) is 24.8 Å². The van der Waals surface area contributed by atoms with E-state index in [4.69, 9.17) is 16.3 Å². The summed E-state index contributed by atoms with van der Waals surface area (Å²) >= 11 is 7.67. The van der Waals surface area contributed by atoms with Crippen molar-refractivity contribution in [3.05, 3.63) is 160 Å². The Bertz CT molecular complexity index is 1900. The lowest BCUT2D eigenvalue weighted by molar-refractivity contribution is -0.116. The molecule has 0 aromatic heterocycles. The molecule has 0 aliphatic heterocycles. The van der Waals surface area contributed by atoms with E-state index in [1.807, 2.05) is 73.7 Å². The average molecular weight is 662 g/mol. The molecule has 1 unspecified atom stereocenters. The van der Waals surface area contributed by atoms with Gasteiger partial charge in [0.05, 0.1) is 7.11 Å². The third kappa shape index (κ3) is 8.70. The zero-order valence-electron chi connectivity index (χ0n) is 25.7. The lowest BCUT2D eigenvalue weighted by atomic mass is 10.1. The molecule has 0 heterocycles. The van der Waals surface area contributed by atoms with E-state index in [2.05, 4.69) is 16.0 Å². The lowest BCUT2D eigenvalue weighted by Crippen LogP contribution is -2.30. The van der Waals surface area contributed by atoms with Gasteiger partial charge in [-0.1, -0.05) is 84.4 Å². The molecule has 5 rings (SSSR count). The summed E-state index contributed by atoms with van der Waals surface area (Å²) in [4.78, 5) is 41.0. The molecule has 0 radical (unpaired) electrons. The largest absolute Gasteiger partial charge is 0.496 e. The molecule has 0 saturated heterocycles. The number of carbonyl (C=O) groups is 3. The predicted molar refractivity (Wildman–Crippen MR) is 190 cm³/mol. The number of hydrogen-bond donors (Lipinski definition) is 3. The number of rotatable bonds is 11. The summed E-state index contributed by atoms with van der Waals surface area (Å²) < 4.78 is 5.45. The van der Waals surface area contributed by atoms with Crippen molar-refractivity contribution in [1.29, 1.82) is 0 Å². The summed E-state index contributed by atoms with van der Waals surface area (Å²) in [6, 6.07) is 38.0. The number of nitrogens with one attached hydrogen (secondary N) is 3. The van der Waals surface area contributed by atoms with Gasteiger partial charge in [0, 0.05) is 32.4 Å². The van der Waals surface area contributed by atoms with E-state index in [0.717, 1.165) is 16.0 Å². The van der Waals surface area contributed by atoms with Gasteiger partial charge in [-0.2, -0.15) is 0 Å². The fourth-order valence-corrected chi connectivity index (χ4v) is 5.88. The molecular weight excluding hydrogens is 630 g/mol. The number of para-hydroxylation sites is 1. The van der Waals surface area contributed by atoms with Crippen molar-refractivity contribution >= 4 is 58.5 Å². The smallest absolute Gasteiger partial charge is 0.272 e. The zero-order valence-corrected chi connectivity index (χ0v) is 27.3. The van der Waals surface area contributed by atoms with Crippen LogP contribution in [0.5, 0.6) is 5.75 Å². The number of ether oxygens (including phenoxy) is 1. The molecule has 5 aromatic carbocycles. The SMILES string of the molecule is COc1ccccc1/C=C(\NC(=O)c1ccccc1)C(=O)Nc1ccc(SC(C(=O)Nc2cccc(Cl)c2C)c2ccccc2)cc1. The standard InChI is InChI=1S/C38H32ClN3O4S/c1-25-31(39)17-11-18-32(25)41-38(45)35(26-12-5-3-6-13-26)47-30-22-20-29(21-23-30)40-37(44)33(24-28-16-9-10-19-34(28)46-2)42-36(43)27-14-7-4-8-15-27/h3-24,35H,1-2H3,(H,40,44)(H,41,45)(H,42,43)/b33-24-. The maximum atomic E-state index is 13.6. The number of methoxy groups -OCH3 is 1. The Morgan fingerprint density at radius 1 is 0.766 bits per heavy atom. The molecule has 236 valence electrons. The first-order valence-corrected chi connectivity index (χ1v) is 16.0. The van der Waals surface area contributed by atoms with Crippen LogP contribution in [0.1, 0.15) is 32.3 Å². The second-order valence-corrected chi connectivity index (χ2v) is 12.0. The predicted octanol–water partition coefficient (Wildman–Crippen LogP) is 8.54. The molecule has 1 atom stereocenters. The highest BCUT2D eigenvalue weighted by atomic mass is 35.5. The Kier molecular flexibility index (Phi) is 11.1. The minimum Gasteiger partial charge on any atom is -0.496 e. The van der Waals surface area contributed by atoms with Gasteiger partial charge in [-0.15, -0.1) is 11.8 Å². The minimum atomic E-state index is -0.557. The molecule has 0 saturated carbocycles. The van der Waals surface area contributed by atoms with Crippen LogP contribution >= 0.6 is 23.4 Å². The maximum Gasteiger partial charge on any atom is 0.272 e. The van der Waals surface area contributed by atoms with Crippen molar-refractivity contribution in [1.82, 2.24) is 5.32 Å². The van der Waals surface area contributed by atoms with Gasteiger partial charge in [-0.05, 0) is 78.7 Å². The van der Waals surface area contributed by atoms with Crippen molar-refractivity contribution in [2.24, 2.45) is 0 Å². The van der Waals surface area contributed by atoms with Crippen LogP contribution in [-0.2, 0) is 9.59 Å². The fraction of sp³-hybridized carbons (Fsp3) is 0.0789. The van der Waals surface area contributed by atoms with E-state index in [0.29, 0.717) is 33.3 Å². The molecule has 0 spiro atoms. The average Bonchev–Trinajstić information content (AvgIpc) is 3.10. The summed E-state index contributed by atoms with van der Waals surface area (Å²) in [6.07, 6.45) is 1.57. The fourth-order valence-electron chi connectivity index (χ4n) is 4.68. The van der Waals surface area contributed by atoms with Crippen LogP contribution in [0.4, 0.5) is 11.4 Å². The highest BCUT2D eigenvalue weighted by Gasteiger charge is 2.23. The molecule has 7 nitrogen and oxygen atoms in total. The molecule has 9 heteroatoms. The van der Waals surface area contributed by atoms with Crippen molar-refractivity contribution in [2.75, 3.05) is 17.7 Å². The van der Waals surface area contributed by atoms with Crippen LogP contribution in [0.2, 0.25) is 5.02 Å². The van der Waals surface area contributed by atoms with E-state index < -0.39 is 17.1 Å². The summed E-state index contributed by atoms with van der Waals surface area (Å²) in [5, 5.41) is 8.66. The second kappa shape index (κ2) is 15.8. The Morgan fingerprint density at radius 3 is 2.13 bits per heavy atom. The summed E-state index contributed by atoms with van der Waals surface area (Å²) in [5.74, 6) is -0.578. The van der Waals surface area contributed by atoms with E-state index >= 15 is 0 Å². The number of anilines is 2. The lowest BCUT2D eigenvalue weighted by Gasteiger charge is -2.18. The van der Waals surface area contributed by atoms with Crippen LogP contribution in [0, 0.1) is 6.92 Å². The zero-order chi connectivity index (χ0) is 33.2. The number of carbonyl (C=O) groups excluding carboxylic acids is 3. The van der Waals surface area contributed by atoms with Crippen LogP contribution in [0.3, 0.4) is 0 Å². The Labute approximate surface area is 283 Å². The van der Waals surface area contributed by atoms with Crippen LogP contribution in [0.15, 0.2) is 138 Å². The summed E-state index contributed by atoms with van der Waals surface area (Å²) in [7, 11) is 1.54. The first-order valence-electron chi connectivity index (χ1n) is 14.7. The van der Waals surface area contributed by atoms with Gasteiger partial charge in [0.15, 0.2) is 0 Å². The topological polar surface area (TPSA) is 96.5 Å². The van der Waals surface area contributed by atoms with Crippen molar-refractivity contribution < 1.29 is 19.1 Å². The van der Waals surface area contributed by atoms with Gasteiger partial charge in [0.2, 0.25) is 5.91 Å². The van der Waals surface area contributed by atoms with Crippen LogP contribution < -0.4 is 20.7 Å². The van der Waals surface area contributed by atoms with Gasteiger partial charge in [-0.3, -0.25) is 14.4 Å². The minimum absolute atomic E-state index is 0.0407. The highest BCUT2D eigenvalue weighted by molar-refractivity contribution is 8.00. The molecule has 0 aliphatic rings. The quantitative estimate of drug-likeness (QED) is 0.0974. The van der Waals surface area contributed by atoms with Crippen molar-refractivity contribution in [3.8, 4) is 5.75 Å². The van der Waals surface area contributed by atoms with Gasteiger partial charge >= 0.3 is 0 Å². The first kappa shape index (κ1) is 33.1. The Morgan fingerprint density at radius 2 is 1.43 bits per heavy atom. The first-order chi connectivity index (χ1) is 22.8. The Balaban J connectivity index is 1.35. The number of thioether (sulfide) groups is 1. The van der Waals surface area contributed by atoms with E-state index in [1.165, 1.54) is 11.8 Å². The van der Waals surface area contributed by atoms with Crippen LogP contribution in [0.25, 0.3) is 6.08 Å². The van der Waals surface area contributed by atoms with Gasteiger partial charge in [0.25, 0.3) is 11.8 Å². The number of halogens is 1. The third-order valence-corrected chi connectivity index (χ3v) is 8.88. The molecule has 3 amide bonds. The third-order valence-electron chi connectivity index (χ3n) is 7.20. The molecule has 0 aliphatic carbocycles. The van der Waals surface area contributed by atoms with Gasteiger partial charge in [0.1, 0.15) is 16.7 Å². The second-order valence-electron chi connectivity index (χ2n) is 10.4. The number of amides is 3. The van der Waals surface area contributed by atoms with Crippen molar-refractivity contribution in [3.63, 3.8) is 0 Å². The molecule has 0 bridgehead atoms. The normalized spacial score (nSPS) is 11.7. The maximum absolute atomic E-state index is 13.6. The number of hydrogen-bond acceptors (Lipinski definition) is 5. The molecule has 3 N–H and O–H groups in total. The van der Waals surface area contributed by atoms with E-state index in [-0.39, 0.29) is 11.6 Å².